The van der Waals surface area contributed by atoms with E-state index in [2.05, 4.69) is 25.6 Å². The van der Waals surface area contributed by atoms with Gasteiger partial charge in [0.05, 0.1) is 25.1 Å². The fourth-order valence-electron chi connectivity index (χ4n) is 2.44. The van der Waals surface area contributed by atoms with E-state index in [1.165, 1.54) is 11.3 Å². The van der Waals surface area contributed by atoms with E-state index in [0.717, 1.165) is 22.5 Å². The zero-order chi connectivity index (χ0) is 19.9. The molecule has 8 heteroatoms. The van der Waals surface area contributed by atoms with E-state index in [0.29, 0.717) is 17.4 Å². The van der Waals surface area contributed by atoms with Crippen LogP contribution >= 0.6 is 11.3 Å². The summed E-state index contributed by atoms with van der Waals surface area (Å²) in [4.78, 5) is 36.9. The first-order valence-electron chi connectivity index (χ1n) is 8.82. The topological polar surface area (TPSA) is 96.9 Å². The van der Waals surface area contributed by atoms with Crippen LogP contribution in [0.25, 0.3) is 0 Å². The molecule has 7 nitrogen and oxygen atoms in total. The number of pyridine rings is 2. The number of hydrogen-bond donors (Lipinski definition) is 2. The van der Waals surface area contributed by atoms with Crippen molar-refractivity contribution in [1.29, 1.82) is 0 Å². The Labute approximate surface area is 167 Å². The van der Waals surface area contributed by atoms with E-state index >= 15 is 0 Å². The Kier molecular flexibility index (Phi) is 6.44. The number of carbonyl (C=O) groups excluding carboxylic acids is 2. The van der Waals surface area contributed by atoms with Crippen molar-refractivity contribution in [2.24, 2.45) is 0 Å². The van der Waals surface area contributed by atoms with Gasteiger partial charge in [-0.2, -0.15) is 0 Å². The molecule has 2 amide bonds. The number of amides is 2. The summed E-state index contributed by atoms with van der Waals surface area (Å²) in [7, 11) is 0. The SMILES string of the molecule is Cc1ccc(CC(=O)NCc2csc(NC(=O)Cc3ccc(C)nc3)n2)cn1. The van der Waals surface area contributed by atoms with E-state index in [1.54, 1.807) is 12.4 Å². The molecule has 0 bridgehead atoms. The van der Waals surface area contributed by atoms with E-state index in [-0.39, 0.29) is 24.7 Å². The maximum absolute atomic E-state index is 12.1. The molecule has 3 aromatic heterocycles. The second kappa shape index (κ2) is 9.18. The second-order valence-electron chi connectivity index (χ2n) is 6.44. The third kappa shape index (κ3) is 5.95. The molecule has 3 aromatic rings. The smallest absolute Gasteiger partial charge is 0.230 e. The highest BCUT2D eigenvalue weighted by Crippen LogP contribution is 2.16. The van der Waals surface area contributed by atoms with Gasteiger partial charge >= 0.3 is 0 Å². The molecular formula is C20H21N5O2S. The van der Waals surface area contributed by atoms with Gasteiger partial charge < -0.3 is 10.6 Å². The summed E-state index contributed by atoms with van der Waals surface area (Å²) in [5.74, 6) is -0.251. The average Bonchev–Trinajstić information content (AvgIpc) is 3.11. The molecule has 0 aliphatic rings. The maximum atomic E-state index is 12.1. The molecule has 0 atom stereocenters. The van der Waals surface area contributed by atoms with Gasteiger partial charge in [0.25, 0.3) is 0 Å². The Bertz CT molecular complexity index is 951. The number of aromatic nitrogens is 3. The zero-order valence-electron chi connectivity index (χ0n) is 15.7. The van der Waals surface area contributed by atoms with E-state index in [9.17, 15) is 9.59 Å². The number of nitrogens with one attached hydrogen (secondary N) is 2. The third-order valence-corrected chi connectivity index (χ3v) is 4.75. The largest absolute Gasteiger partial charge is 0.350 e. The van der Waals surface area contributed by atoms with Crippen LogP contribution in [0, 0.1) is 13.8 Å². The number of thiazole rings is 1. The molecule has 3 rings (SSSR count). The Balaban J connectivity index is 1.45. The highest BCUT2D eigenvalue weighted by atomic mass is 32.1. The molecule has 28 heavy (non-hydrogen) atoms. The lowest BCUT2D eigenvalue weighted by molar-refractivity contribution is -0.120. The molecule has 0 aromatic carbocycles. The van der Waals surface area contributed by atoms with Gasteiger partial charge in [0, 0.05) is 29.2 Å². The van der Waals surface area contributed by atoms with Crippen LogP contribution < -0.4 is 10.6 Å². The Hall–Kier alpha value is -3.13. The molecule has 0 saturated heterocycles. The standard InChI is InChI=1S/C20H21N5O2S/c1-13-3-5-15(9-21-13)7-18(26)23-11-17-12-28-20(24-17)25-19(27)8-16-6-4-14(2)22-10-16/h3-6,9-10,12H,7-8,11H2,1-2H3,(H,23,26)(H,24,25,27). The lowest BCUT2D eigenvalue weighted by Gasteiger charge is -2.04. The first kappa shape index (κ1) is 19.6. The number of carbonyl (C=O) groups is 2. The summed E-state index contributed by atoms with van der Waals surface area (Å²) in [6.45, 7) is 4.11. The summed E-state index contributed by atoms with van der Waals surface area (Å²) in [5.41, 5.74) is 4.24. The van der Waals surface area contributed by atoms with Crippen LogP contribution in [0.2, 0.25) is 0 Å². The van der Waals surface area contributed by atoms with Crippen molar-refractivity contribution in [1.82, 2.24) is 20.3 Å². The first-order valence-corrected chi connectivity index (χ1v) is 9.70. The monoisotopic (exact) mass is 395 g/mol. The quantitative estimate of drug-likeness (QED) is 0.641. The van der Waals surface area contributed by atoms with Crippen molar-refractivity contribution in [2.45, 2.75) is 33.2 Å². The Morgan fingerprint density at radius 3 is 2.11 bits per heavy atom. The predicted octanol–water partition coefficient (Wildman–Crippen LogP) is 2.59. The van der Waals surface area contributed by atoms with Gasteiger partial charge in [-0.3, -0.25) is 19.6 Å². The molecule has 0 aliphatic carbocycles. The summed E-state index contributed by atoms with van der Waals surface area (Å²) in [5, 5.41) is 7.94. The van der Waals surface area contributed by atoms with Gasteiger partial charge in [-0.1, -0.05) is 12.1 Å². The lowest BCUT2D eigenvalue weighted by atomic mass is 10.2. The van der Waals surface area contributed by atoms with Crippen molar-refractivity contribution in [3.05, 3.63) is 70.2 Å². The van der Waals surface area contributed by atoms with Crippen molar-refractivity contribution < 1.29 is 9.59 Å². The summed E-state index contributed by atoms with van der Waals surface area (Å²) < 4.78 is 0. The molecule has 144 valence electrons. The van der Waals surface area contributed by atoms with Crippen LogP contribution in [-0.2, 0) is 29.0 Å². The van der Waals surface area contributed by atoms with Gasteiger partial charge in [-0.05, 0) is 37.1 Å². The second-order valence-corrected chi connectivity index (χ2v) is 7.30. The molecule has 0 aliphatic heterocycles. The van der Waals surface area contributed by atoms with Crippen molar-refractivity contribution in [3.8, 4) is 0 Å². The Morgan fingerprint density at radius 1 is 0.929 bits per heavy atom. The van der Waals surface area contributed by atoms with Crippen molar-refractivity contribution >= 4 is 28.3 Å². The van der Waals surface area contributed by atoms with Crippen LogP contribution in [0.15, 0.2) is 42.0 Å². The van der Waals surface area contributed by atoms with E-state index in [4.69, 9.17) is 0 Å². The zero-order valence-corrected chi connectivity index (χ0v) is 16.5. The summed E-state index contributed by atoms with van der Waals surface area (Å²) in [6, 6.07) is 7.53. The predicted molar refractivity (Wildman–Crippen MR) is 108 cm³/mol. The molecular weight excluding hydrogens is 374 g/mol. The summed E-state index contributed by atoms with van der Waals surface area (Å²) in [6.07, 6.45) is 3.91. The molecule has 0 fully saturated rings. The minimum atomic E-state index is -0.151. The fourth-order valence-corrected chi connectivity index (χ4v) is 3.16. The van der Waals surface area contributed by atoms with Crippen molar-refractivity contribution in [3.63, 3.8) is 0 Å². The van der Waals surface area contributed by atoms with E-state index in [1.807, 2.05) is 43.5 Å². The molecule has 0 spiro atoms. The van der Waals surface area contributed by atoms with E-state index < -0.39 is 0 Å². The van der Waals surface area contributed by atoms with Crippen molar-refractivity contribution in [2.75, 3.05) is 5.32 Å². The average molecular weight is 395 g/mol. The minimum absolute atomic E-state index is 0.101. The molecule has 0 saturated carbocycles. The van der Waals surface area contributed by atoms with Gasteiger partial charge in [0.2, 0.25) is 11.8 Å². The van der Waals surface area contributed by atoms with Gasteiger partial charge in [0.15, 0.2) is 5.13 Å². The van der Waals surface area contributed by atoms with Crippen LogP contribution in [0.5, 0.6) is 0 Å². The van der Waals surface area contributed by atoms with Gasteiger partial charge in [0.1, 0.15) is 0 Å². The third-order valence-electron chi connectivity index (χ3n) is 3.94. The highest BCUT2D eigenvalue weighted by Gasteiger charge is 2.09. The van der Waals surface area contributed by atoms with Gasteiger partial charge in [-0.25, -0.2) is 4.98 Å². The summed E-state index contributed by atoms with van der Waals surface area (Å²) >= 11 is 1.33. The number of hydrogen-bond acceptors (Lipinski definition) is 6. The van der Waals surface area contributed by atoms with Crippen LogP contribution in [0.4, 0.5) is 5.13 Å². The first-order chi connectivity index (χ1) is 13.5. The molecule has 2 N–H and O–H groups in total. The number of aryl methyl sites for hydroxylation is 2. The number of nitrogens with zero attached hydrogens (tertiary/aromatic N) is 3. The fraction of sp³-hybridized carbons (Fsp3) is 0.250. The maximum Gasteiger partial charge on any atom is 0.230 e. The minimum Gasteiger partial charge on any atom is -0.350 e. The van der Waals surface area contributed by atoms with Gasteiger partial charge in [-0.15, -0.1) is 11.3 Å². The number of anilines is 1. The number of rotatable bonds is 7. The highest BCUT2D eigenvalue weighted by molar-refractivity contribution is 7.13. The normalized spacial score (nSPS) is 10.5. The van der Waals surface area contributed by atoms with Crippen LogP contribution in [0.1, 0.15) is 28.2 Å². The van der Waals surface area contributed by atoms with Crippen LogP contribution in [0.3, 0.4) is 0 Å². The molecule has 0 radical (unpaired) electrons. The lowest BCUT2D eigenvalue weighted by Crippen LogP contribution is -2.24. The molecule has 3 heterocycles. The van der Waals surface area contributed by atoms with Crippen LogP contribution in [-0.4, -0.2) is 26.8 Å². The Morgan fingerprint density at radius 2 is 1.54 bits per heavy atom. The molecule has 0 unspecified atom stereocenters.